The van der Waals surface area contributed by atoms with Crippen LogP contribution >= 0.6 is 0 Å². The van der Waals surface area contributed by atoms with Gasteiger partial charge >= 0.3 is 0 Å². The summed E-state index contributed by atoms with van der Waals surface area (Å²) in [6, 6.07) is 12.4. The minimum absolute atomic E-state index is 0.0729. The standard InChI is InChI=1S/C18H20N2O5S/c1-3-11-19-18(21)13-25-15-7-9-17(10-8-15)26(22,23)20-14-5-4-6-16(12-14)24-2/h3-10,12,20H,1,11,13H2,2H3,(H,19,21). The van der Waals surface area contributed by atoms with Crippen LogP contribution in [0.2, 0.25) is 0 Å². The maximum atomic E-state index is 12.4. The molecule has 2 rings (SSSR count). The van der Waals surface area contributed by atoms with E-state index in [0.29, 0.717) is 23.7 Å². The van der Waals surface area contributed by atoms with Gasteiger partial charge in [-0.3, -0.25) is 9.52 Å². The van der Waals surface area contributed by atoms with Gasteiger partial charge in [0.15, 0.2) is 6.61 Å². The topological polar surface area (TPSA) is 93.7 Å². The largest absolute Gasteiger partial charge is 0.497 e. The van der Waals surface area contributed by atoms with Gasteiger partial charge in [0.1, 0.15) is 11.5 Å². The Labute approximate surface area is 152 Å². The molecule has 2 aromatic rings. The van der Waals surface area contributed by atoms with Crippen LogP contribution in [-0.2, 0) is 14.8 Å². The van der Waals surface area contributed by atoms with Crippen molar-refractivity contribution in [2.45, 2.75) is 4.90 Å². The number of ether oxygens (including phenoxy) is 2. The molecule has 7 nitrogen and oxygen atoms in total. The molecule has 0 aliphatic rings. The van der Waals surface area contributed by atoms with Crippen LogP contribution in [0.4, 0.5) is 5.69 Å². The Bertz CT molecular complexity index is 863. The Kier molecular flexibility index (Phi) is 6.62. The number of anilines is 1. The number of hydrogen-bond acceptors (Lipinski definition) is 5. The van der Waals surface area contributed by atoms with Gasteiger partial charge in [0.2, 0.25) is 0 Å². The van der Waals surface area contributed by atoms with E-state index in [-0.39, 0.29) is 17.4 Å². The fourth-order valence-electron chi connectivity index (χ4n) is 2.00. The van der Waals surface area contributed by atoms with E-state index in [4.69, 9.17) is 9.47 Å². The van der Waals surface area contributed by atoms with Crippen molar-refractivity contribution in [3.05, 3.63) is 61.2 Å². The quantitative estimate of drug-likeness (QED) is 0.654. The van der Waals surface area contributed by atoms with E-state index in [1.807, 2.05) is 0 Å². The number of benzene rings is 2. The van der Waals surface area contributed by atoms with E-state index in [0.717, 1.165) is 0 Å². The lowest BCUT2D eigenvalue weighted by Gasteiger charge is -2.10. The Hall–Kier alpha value is -3.00. The van der Waals surface area contributed by atoms with E-state index >= 15 is 0 Å². The van der Waals surface area contributed by atoms with Crippen molar-refractivity contribution < 1.29 is 22.7 Å². The van der Waals surface area contributed by atoms with Crippen molar-refractivity contribution in [3.63, 3.8) is 0 Å². The lowest BCUT2D eigenvalue weighted by Crippen LogP contribution is -2.28. The van der Waals surface area contributed by atoms with Gasteiger partial charge in [-0.15, -0.1) is 6.58 Å². The van der Waals surface area contributed by atoms with Crippen LogP contribution in [-0.4, -0.2) is 34.6 Å². The number of hydrogen-bond donors (Lipinski definition) is 2. The van der Waals surface area contributed by atoms with Gasteiger partial charge in [-0.25, -0.2) is 8.42 Å². The summed E-state index contributed by atoms with van der Waals surface area (Å²) >= 11 is 0. The average molecular weight is 376 g/mol. The molecule has 0 radical (unpaired) electrons. The summed E-state index contributed by atoms with van der Waals surface area (Å²) in [5.74, 6) is 0.643. The second kappa shape index (κ2) is 8.91. The molecule has 0 aliphatic carbocycles. The number of carbonyl (C=O) groups is 1. The van der Waals surface area contributed by atoms with E-state index in [2.05, 4.69) is 16.6 Å². The van der Waals surface area contributed by atoms with Crippen LogP contribution in [0, 0.1) is 0 Å². The summed E-state index contributed by atoms with van der Waals surface area (Å²) in [5.41, 5.74) is 0.392. The van der Waals surface area contributed by atoms with Gasteiger partial charge in [0.05, 0.1) is 17.7 Å². The highest BCUT2D eigenvalue weighted by atomic mass is 32.2. The number of rotatable bonds is 9. The first-order valence-corrected chi connectivity index (χ1v) is 9.20. The predicted octanol–water partition coefficient (Wildman–Crippen LogP) is 2.18. The van der Waals surface area contributed by atoms with Crippen molar-refractivity contribution in [1.29, 1.82) is 0 Å². The molecule has 0 aliphatic heterocycles. The smallest absolute Gasteiger partial charge is 0.261 e. The van der Waals surface area contributed by atoms with Gasteiger partial charge in [-0.05, 0) is 36.4 Å². The third-order valence-electron chi connectivity index (χ3n) is 3.27. The summed E-state index contributed by atoms with van der Waals surface area (Å²) in [4.78, 5) is 11.5. The first kappa shape index (κ1) is 19.3. The SMILES string of the molecule is C=CCNC(=O)COc1ccc(S(=O)(=O)Nc2cccc(OC)c2)cc1. The Morgan fingerprint density at radius 2 is 1.88 bits per heavy atom. The molecule has 0 heterocycles. The minimum atomic E-state index is -3.75. The Balaban J connectivity index is 2.01. The van der Waals surface area contributed by atoms with Crippen molar-refractivity contribution in [2.75, 3.05) is 25.0 Å². The third kappa shape index (κ3) is 5.52. The van der Waals surface area contributed by atoms with Gasteiger partial charge in [0.25, 0.3) is 15.9 Å². The summed E-state index contributed by atoms with van der Waals surface area (Å²) < 4.78 is 37.7. The zero-order valence-corrected chi connectivity index (χ0v) is 15.1. The minimum Gasteiger partial charge on any atom is -0.497 e. The molecule has 0 saturated carbocycles. The van der Waals surface area contributed by atoms with Gasteiger partial charge in [-0.2, -0.15) is 0 Å². The normalized spacial score (nSPS) is 10.7. The molecule has 8 heteroatoms. The monoisotopic (exact) mass is 376 g/mol. The summed E-state index contributed by atoms with van der Waals surface area (Å²) in [7, 11) is -2.25. The maximum absolute atomic E-state index is 12.4. The zero-order valence-electron chi connectivity index (χ0n) is 14.3. The Morgan fingerprint density at radius 1 is 1.15 bits per heavy atom. The molecular weight excluding hydrogens is 356 g/mol. The highest BCUT2D eigenvalue weighted by Gasteiger charge is 2.14. The van der Waals surface area contributed by atoms with E-state index in [1.54, 1.807) is 30.3 Å². The molecule has 138 valence electrons. The first-order chi connectivity index (χ1) is 12.4. The maximum Gasteiger partial charge on any atom is 0.261 e. The zero-order chi connectivity index (χ0) is 19.0. The van der Waals surface area contributed by atoms with Crippen LogP contribution in [0.25, 0.3) is 0 Å². The van der Waals surface area contributed by atoms with Gasteiger partial charge < -0.3 is 14.8 Å². The molecule has 0 spiro atoms. The van der Waals surface area contributed by atoms with Crippen LogP contribution in [0.1, 0.15) is 0 Å². The lowest BCUT2D eigenvalue weighted by molar-refractivity contribution is -0.122. The van der Waals surface area contributed by atoms with Crippen LogP contribution in [0.3, 0.4) is 0 Å². The molecule has 26 heavy (non-hydrogen) atoms. The highest BCUT2D eigenvalue weighted by Crippen LogP contribution is 2.22. The fraction of sp³-hybridized carbons (Fsp3) is 0.167. The van der Waals surface area contributed by atoms with Crippen molar-refractivity contribution in [3.8, 4) is 11.5 Å². The van der Waals surface area contributed by atoms with Crippen molar-refractivity contribution >= 4 is 21.6 Å². The third-order valence-corrected chi connectivity index (χ3v) is 4.67. The molecule has 2 N–H and O–H groups in total. The summed E-state index contributed by atoms with van der Waals surface area (Å²) in [6.07, 6.45) is 1.56. The van der Waals surface area contributed by atoms with Crippen molar-refractivity contribution in [2.24, 2.45) is 0 Å². The molecule has 0 fully saturated rings. The molecule has 0 aromatic heterocycles. The summed E-state index contributed by atoms with van der Waals surface area (Å²) in [5, 5.41) is 2.58. The first-order valence-electron chi connectivity index (χ1n) is 7.72. The summed E-state index contributed by atoms with van der Waals surface area (Å²) in [6.45, 7) is 3.69. The van der Waals surface area contributed by atoms with E-state index in [9.17, 15) is 13.2 Å². The van der Waals surface area contributed by atoms with Gasteiger partial charge in [0, 0.05) is 12.6 Å². The molecule has 0 bridgehead atoms. The number of methoxy groups -OCH3 is 1. The van der Waals surface area contributed by atoms with Crippen LogP contribution < -0.4 is 19.5 Å². The van der Waals surface area contributed by atoms with Crippen LogP contribution in [0.5, 0.6) is 11.5 Å². The number of carbonyl (C=O) groups excluding carboxylic acids is 1. The van der Waals surface area contributed by atoms with Gasteiger partial charge in [-0.1, -0.05) is 12.1 Å². The molecule has 1 amide bonds. The number of nitrogens with one attached hydrogen (secondary N) is 2. The molecule has 2 aromatic carbocycles. The van der Waals surface area contributed by atoms with Crippen molar-refractivity contribution in [1.82, 2.24) is 5.32 Å². The lowest BCUT2D eigenvalue weighted by atomic mass is 10.3. The Morgan fingerprint density at radius 3 is 2.54 bits per heavy atom. The number of amides is 1. The molecule has 0 atom stereocenters. The highest BCUT2D eigenvalue weighted by molar-refractivity contribution is 7.92. The molecular formula is C18H20N2O5S. The molecule has 0 saturated heterocycles. The van der Waals surface area contributed by atoms with E-state index in [1.165, 1.54) is 31.4 Å². The van der Waals surface area contributed by atoms with Crippen LogP contribution in [0.15, 0.2) is 66.1 Å². The number of sulfonamides is 1. The molecule has 0 unspecified atom stereocenters. The fourth-order valence-corrected chi connectivity index (χ4v) is 3.05. The predicted molar refractivity (Wildman–Crippen MR) is 98.9 cm³/mol. The average Bonchev–Trinajstić information content (AvgIpc) is 2.64. The van der Waals surface area contributed by atoms with E-state index < -0.39 is 10.0 Å². The second-order valence-corrected chi connectivity index (χ2v) is 6.87. The second-order valence-electron chi connectivity index (χ2n) is 5.19.